The highest BCUT2D eigenvalue weighted by Gasteiger charge is 1.96. The Morgan fingerprint density at radius 2 is 2.00 bits per heavy atom. The van der Waals surface area contributed by atoms with Crippen LogP contribution in [0.2, 0.25) is 0 Å². The van der Waals surface area contributed by atoms with Crippen molar-refractivity contribution in [1.29, 1.82) is 0 Å². The van der Waals surface area contributed by atoms with Gasteiger partial charge < -0.3 is 9.47 Å². The summed E-state index contributed by atoms with van der Waals surface area (Å²) < 4.78 is 9.85. The van der Waals surface area contributed by atoms with E-state index in [1.54, 1.807) is 20.1 Å². The third kappa shape index (κ3) is 4.17. The number of hydrogen-bond donors (Lipinski definition) is 0. The second-order valence-corrected chi connectivity index (χ2v) is 3.18. The molecule has 86 valence electrons. The summed E-state index contributed by atoms with van der Waals surface area (Å²) in [6, 6.07) is 7.62. The van der Waals surface area contributed by atoms with Crippen molar-refractivity contribution in [2.24, 2.45) is 0 Å². The highest BCUT2D eigenvalue weighted by atomic mass is 16.5. The van der Waals surface area contributed by atoms with E-state index in [2.05, 4.69) is 0 Å². The summed E-state index contributed by atoms with van der Waals surface area (Å²) in [6.07, 6.45) is 3.98. The Labute approximate surface area is 95.7 Å². The van der Waals surface area contributed by atoms with Gasteiger partial charge >= 0.3 is 5.97 Å². The predicted octanol–water partition coefficient (Wildman–Crippen LogP) is 2.66. The molecule has 0 N–H and O–H groups in total. The van der Waals surface area contributed by atoms with Gasteiger partial charge in [-0.3, -0.25) is 4.79 Å². The molecule has 3 nitrogen and oxygen atoms in total. The molecule has 3 heteroatoms. The molecule has 0 aromatic heterocycles. The molecule has 0 radical (unpaired) electrons. The van der Waals surface area contributed by atoms with Crippen molar-refractivity contribution in [2.45, 2.75) is 13.3 Å². The molecule has 0 bridgehead atoms. The van der Waals surface area contributed by atoms with Crippen LogP contribution in [0, 0.1) is 0 Å². The van der Waals surface area contributed by atoms with Crippen LogP contribution in [0.3, 0.4) is 0 Å². The molecule has 0 saturated carbocycles. The van der Waals surface area contributed by atoms with E-state index >= 15 is 0 Å². The molecule has 0 aliphatic rings. The van der Waals surface area contributed by atoms with Crippen molar-refractivity contribution in [3.63, 3.8) is 0 Å². The van der Waals surface area contributed by atoms with E-state index in [0.29, 0.717) is 13.0 Å². The second-order valence-electron chi connectivity index (χ2n) is 3.18. The van der Waals surface area contributed by atoms with Gasteiger partial charge in [-0.05, 0) is 24.6 Å². The first-order valence-electron chi connectivity index (χ1n) is 5.22. The lowest BCUT2D eigenvalue weighted by Crippen LogP contribution is -2.01. The Hall–Kier alpha value is -1.77. The Bertz CT molecular complexity index is 352. The quantitative estimate of drug-likeness (QED) is 0.716. The maximum atomic E-state index is 11.0. The van der Waals surface area contributed by atoms with Crippen LogP contribution >= 0.6 is 0 Å². The smallest absolute Gasteiger partial charge is 0.309 e. The van der Waals surface area contributed by atoms with Gasteiger partial charge in [-0.1, -0.05) is 24.3 Å². The summed E-state index contributed by atoms with van der Waals surface area (Å²) >= 11 is 0. The Kier molecular flexibility index (Phi) is 5.12. The van der Waals surface area contributed by atoms with Gasteiger partial charge in [0.05, 0.1) is 20.1 Å². The highest BCUT2D eigenvalue weighted by Crippen LogP contribution is 2.12. The van der Waals surface area contributed by atoms with Gasteiger partial charge in [0.2, 0.25) is 0 Å². The first kappa shape index (κ1) is 12.3. The molecule has 0 amide bonds. The summed E-state index contributed by atoms with van der Waals surface area (Å²) in [4.78, 5) is 11.0. The molecule has 1 aromatic rings. The van der Waals surface area contributed by atoms with Gasteiger partial charge in [0.15, 0.2) is 0 Å². The molecule has 0 aliphatic heterocycles. The molecule has 0 saturated heterocycles. The average molecular weight is 220 g/mol. The molecule has 16 heavy (non-hydrogen) atoms. The summed E-state index contributed by atoms with van der Waals surface area (Å²) in [5.74, 6) is 0.620. The molecule has 0 spiro atoms. The molecule has 0 aliphatic carbocycles. The second kappa shape index (κ2) is 6.67. The minimum atomic E-state index is -0.202. The number of benzene rings is 1. The monoisotopic (exact) mass is 220 g/mol. The summed E-state index contributed by atoms with van der Waals surface area (Å²) in [7, 11) is 1.63. The van der Waals surface area contributed by atoms with E-state index in [4.69, 9.17) is 9.47 Å². The fraction of sp³-hybridized carbons (Fsp3) is 0.308. The molecular formula is C13H16O3. The lowest BCUT2D eigenvalue weighted by atomic mass is 10.2. The summed E-state index contributed by atoms with van der Waals surface area (Å²) in [5, 5.41) is 0. The third-order valence-corrected chi connectivity index (χ3v) is 2.02. The number of methoxy groups -OCH3 is 1. The Morgan fingerprint density at radius 1 is 1.31 bits per heavy atom. The van der Waals surface area contributed by atoms with Gasteiger partial charge in [-0.2, -0.15) is 0 Å². The molecule has 1 rings (SSSR count). The normalized spacial score (nSPS) is 10.4. The predicted molar refractivity (Wildman–Crippen MR) is 63.3 cm³/mol. The zero-order valence-corrected chi connectivity index (χ0v) is 9.60. The number of hydrogen-bond acceptors (Lipinski definition) is 3. The molecule has 0 heterocycles. The maximum absolute atomic E-state index is 11.0. The van der Waals surface area contributed by atoms with Gasteiger partial charge in [-0.15, -0.1) is 0 Å². The molecule has 0 unspecified atom stereocenters. The van der Waals surface area contributed by atoms with Crippen molar-refractivity contribution >= 4 is 12.0 Å². The first-order valence-corrected chi connectivity index (χ1v) is 5.22. The number of ether oxygens (including phenoxy) is 2. The lowest BCUT2D eigenvalue weighted by molar-refractivity contribution is -0.142. The fourth-order valence-electron chi connectivity index (χ4n) is 1.23. The van der Waals surface area contributed by atoms with Gasteiger partial charge in [0, 0.05) is 0 Å². The minimum Gasteiger partial charge on any atom is -0.497 e. The van der Waals surface area contributed by atoms with Crippen LogP contribution in [-0.4, -0.2) is 19.7 Å². The van der Waals surface area contributed by atoms with Crippen molar-refractivity contribution in [2.75, 3.05) is 13.7 Å². The summed E-state index contributed by atoms with van der Waals surface area (Å²) in [6.45, 7) is 2.22. The lowest BCUT2D eigenvalue weighted by Gasteiger charge is -1.99. The maximum Gasteiger partial charge on any atom is 0.309 e. The fourth-order valence-corrected chi connectivity index (χ4v) is 1.23. The highest BCUT2D eigenvalue weighted by molar-refractivity contribution is 5.72. The van der Waals surface area contributed by atoms with Crippen LogP contribution in [0.25, 0.3) is 6.08 Å². The third-order valence-electron chi connectivity index (χ3n) is 2.02. The largest absolute Gasteiger partial charge is 0.497 e. The Balaban J connectivity index is 2.46. The molecule has 0 atom stereocenters. The molecular weight excluding hydrogens is 204 g/mol. The first-order chi connectivity index (χ1) is 7.76. The van der Waals surface area contributed by atoms with Crippen LogP contribution in [-0.2, 0) is 9.53 Å². The van der Waals surface area contributed by atoms with E-state index in [1.807, 2.05) is 30.3 Å². The van der Waals surface area contributed by atoms with Crippen molar-refractivity contribution in [3.8, 4) is 5.75 Å². The van der Waals surface area contributed by atoms with E-state index in [-0.39, 0.29) is 5.97 Å². The van der Waals surface area contributed by atoms with Crippen LogP contribution in [0.5, 0.6) is 5.75 Å². The van der Waals surface area contributed by atoms with Gasteiger partial charge in [0.1, 0.15) is 5.75 Å². The molecule has 1 aromatic carbocycles. The average Bonchev–Trinajstić information content (AvgIpc) is 2.30. The zero-order chi connectivity index (χ0) is 11.8. The summed E-state index contributed by atoms with van der Waals surface area (Å²) in [5.41, 5.74) is 1.03. The van der Waals surface area contributed by atoms with Crippen LogP contribution < -0.4 is 4.74 Å². The van der Waals surface area contributed by atoms with E-state index in [0.717, 1.165) is 11.3 Å². The number of rotatable bonds is 5. The number of carbonyl (C=O) groups excluding carboxylic acids is 1. The topological polar surface area (TPSA) is 35.5 Å². The van der Waals surface area contributed by atoms with E-state index < -0.39 is 0 Å². The van der Waals surface area contributed by atoms with Crippen molar-refractivity contribution in [1.82, 2.24) is 0 Å². The Morgan fingerprint density at radius 3 is 2.56 bits per heavy atom. The van der Waals surface area contributed by atoms with E-state index in [9.17, 15) is 4.79 Å². The zero-order valence-electron chi connectivity index (χ0n) is 9.60. The van der Waals surface area contributed by atoms with Crippen molar-refractivity contribution in [3.05, 3.63) is 35.9 Å². The number of carbonyl (C=O) groups is 1. The van der Waals surface area contributed by atoms with Crippen molar-refractivity contribution < 1.29 is 14.3 Å². The number of esters is 1. The van der Waals surface area contributed by atoms with Crippen LogP contribution in [0.15, 0.2) is 30.3 Å². The van der Waals surface area contributed by atoms with Crippen LogP contribution in [0.1, 0.15) is 18.9 Å². The van der Waals surface area contributed by atoms with Crippen LogP contribution in [0.4, 0.5) is 0 Å². The van der Waals surface area contributed by atoms with Gasteiger partial charge in [0.25, 0.3) is 0 Å². The minimum absolute atomic E-state index is 0.202. The van der Waals surface area contributed by atoms with Gasteiger partial charge in [-0.25, -0.2) is 0 Å². The van der Waals surface area contributed by atoms with E-state index in [1.165, 1.54) is 0 Å². The SMILES string of the molecule is CCOC(=O)CC=Cc1ccc(OC)cc1. The molecule has 0 fully saturated rings. The standard InChI is InChI=1S/C13H16O3/c1-3-16-13(14)6-4-5-11-7-9-12(15-2)10-8-11/h4-5,7-10H,3,6H2,1-2H3.